The summed E-state index contributed by atoms with van der Waals surface area (Å²) in [6.45, 7) is 0. The Morgan fingerprint density at radius 3 is 1.06 bits per heavy atom. The predicted molar refractivity (Wildman–Crippen MR) is 42.9 cm³/mol. The summed E-state index contributed by atoms with van der Waals surface area (Å²) in [5.41, 5.74) is 0. The van der Waals surface area contributed by atoms with Crippen molar-refractivity contribution in [2.45, 2.75) is 24.4 Å². The first kappa shape index (κ1) is 20.6. The zero-order valence-corrected chi connectivity index (χ0v) is 8.77. The van der Waals surface area contributed by atoms with E-state index in [1.54, 1.807) is 0 Å². The van der Waals surface area contributed by atoms with Gasteiger partial charge < -0.3 is 36.1 Å². The van der Waals surface area contributed by atoms with Crippen LogP contribution in [0, 0.1) is 0 Å². The number of rotatable bonds is 5. The maximum absolute atomic E-state index is 10.1. The molecular weight excluding hydrogens is 272 g/mol. The van der Waals surface area contributed by atoms with Gasteiger partial charge in [-0.1, -0.05) is 0 Å². The van der Waals surface area contributed by atoms with Gasteiger partial charge in [0.05, 0.1) is 0 Å². The van der Waals surface area contributed by atoms with Crippen LogP contribution >= 0.6 is 0 Å². The average molecular weight is 284 g/mol. The summed E-state index contributed by atoms with van der Waals surface area (Å²) >= 11 is 0. The van der Waals surface area contributed by atoms with E-state index >= 15 is 0 Å². The minimum atomic E-state index is -2.36. The number of aliphatic hydroxyl groups is 4. The molecule has 16 heavy (non-hydrogen) atoms. The van der Waals surface area contributed by atoms with Crippen LogP contribution in [0.15, 0.2) is 0 Å². The Labute approximate surface area is 99.7 Å². The molecule has 98 valence electrons. The first-order valence-corrected chi connectivity index (χ1v) is 3.47. The summed E-state index contributed by atoms with van der Waals surface area (Å²) in [7, 11) is 0. The quantitative estimate of drug-likeness (QED) is 0.274. The van der Waals surface area contributed by atoms with Crippen LogP contribution in [0.3, 0.4) is 0 Å². The summed E-state index contributed by atoms with van der Waals surface area (Å²) in [6, 6.07) is 0. The number of carboxylic acids is 2. The predicted octanol–water partition coefficient (Wildman–Crippen LogP) is -4.23. The van der Waals surface area contributed by atoms with Crippen molar-refractivity contribution < 1.29 is 62.8 Å². The fourth-order valence-corrected chi connectivity index (χ4v) is 0.666. The van der Waals surface area contributed by atoms with Gasteiger partial charge in [0.1, 0.15) is 12.2 Å². The second-order valence-corrected chi connectivity index (χ2v) is 2.55. The second kappa shape index (κ2) is 8.42. The zero-order chi connectivity index (χ0) is 11.5. The summed E-state index contributed by atoms with van der Waals surface area (Å²) in [5, 5.41) is 51.5. The van der Waals surface area contributed by atoms with Gasteiger partial charge in [0, 0.05) is 17.1 Å². The third-order valence-electron chi connectivity index (χ3n) is 1.50. The van der Waals surface area contributed by atoms with Crippen LogP contribution in [0.25, 0.3) is 0 Å². The molecule has 0 aromatic carbocycles. The molecule has 0 aliphatic heterocycles. The van der Waals surface area contributed by atoms with Crippen molar-refractivity contribution >= 4 is 11.9 Å². The van der Waals surface area contributed by atoms with E-state index in [1.165, 1.54) is 0 Å². The number of aliphatic carboxylic acids is 2. The normalized spacial score (nSPS) is 17.0. The first-order valence-electron chi connectivity index (χ1n) is 3.47. The maximum Gasteiger partial charge on any atom is 0.335 e. The molecule has 0 heterocycles. The Morgan fingerprint density at radius 2 is 0.938 bits per heavy atom. The molecule has 0 aromatic rings. The Balaban J connectivity index is -0.000000845. The van der Waals surface area contributed by atoms with E-state index in [4.69, 9.17) is 30.6 Å². The topological polar surface area (TPSA) is 187 Å². The SMILES string of the molecule is O.O=C(O)[C@@H](O)[C@@H](O)[C@H](O)[C@@H](O)C(=O)O.[Fe]. The standard InChI is InChI=1S/C6H10O8.Fe.H2O/c7-1(3(9)5(11)12)2(8)4(10)6(13)14;;/h1-4,7-10H,(H,11,12)(H,13,14);;1H2/t1-,2-,3-,4+;;/m0../s1. The molecule has 0 radical (unpaired) electrons. The molecule has 0 aliphatic carbocycles. The molecule has 8 N–H and O–H groups in total. The van der Waals surface area contributed by atoms with Crippen molar-refractivity contribution in [3.8, 4) is 0 Å². The molecule has 0 fully saturated rings. The van der Waals surface area contributed by atoms with Gasteiger partial charge in [-0.25, -0.2) is 9.59 Å². The third kappa shape index (κ3) is 5.37. The summed E-state index contributed by atoms with van der Waals surface area (Å²) < 4.78 is 0. The number of hydrogen-bond acceptors (Lipinski definition) is 6. The molecule has 0 aromatic heterocycles. The van der Waals surface area contributed by atoms with E-state index in [0.29, 0.717) is 0 Å². The van der Waals surface area contributed by atoms with Crippen molar-refractivity contribution in [2.24, 2.45) is 0 Å². The minimum Gasteiger partial charge on any atom is -0.479 e. The summed E-state index contributed by atoms with van der Waals surface area (Å²) in [5.74, 6) is -3.68. The summed E-state index contributed by atoms with van der Waals surface area (Å²) in [4.78, 5) is 20.2. The van der Waals surface area contributed by atoms with Gasteiger partial charge in [0.2, 0.25) is 0 Å². The van der Waals surface area contributed by atoms with Gasteiger partial charge in [-0.2, -0.15) is 0 Å². The van der Waals surface area contributed by atoms with Gasteiger partial charge in [-0.15, -0.1) is 0 Å². The molecule has 0 rings (SSSR count). The largest absolute Gasteiger partial charge is 0.479 e. The smallest absolute Gasteiger partial charge is 0.335 e. The molecule has 0 unspecified atom stereocenters. The Bertz CT molecular complexity index is 208. The van der Waals surface area contributed by atoms with Crippen LogP contribution in [0.4, 0.5) is 0 Å². The van der Waals surface area contributed by atoms with Gasteiger partial charge in [0.25, 0.3) is 0 Å². The molecule has 0 aliphatic rings. The molecule has 10 heteroatoms. The van der Waals surface area contributed by atoms with Gasteiger partial charge >= 0.3 is 11.9 Å². The van der Waals surface area contributed by atoms with Gasteiger partial charge in [0.15, 0.2) is 12.2 Å². The van der Waals surface area contributed by atoms with Gasteiger partial charge in [-0.05, 0) is 0 Å². The van der Waals surface area contributed by atoms with E-state index in [2.05, 4.69) is 0 Å². The van der Waals surface area contributed by atoms with Crippen molar-refractivity contribution in [3.05, 3.63) is 0 Å². The molecule has 0 saturated heterocycles. The Hall–Kier alpha value is -0.741. The summed E-state index contributed by atoms with van der Waals surface area (Å²) in [6.07, 6.45) is -9.28. The molecule has 0 bridgehead atoms. The third-order valence-corrected chi connectivity index (χ3v) is 1.50. The van der Waals surface area contributed by atoms with E-state index in [-0.39, 0.29) is 22.5 Å². The van der Waals surface area contributed by atoms with Crippen molar-refractivity contribution in [2.75, 3.05) is 0 Å². The number of hydrogen-bond donors (Lipinski definition) is 6. The van der Waals surface area contributed by atoms with Crippen LogP contribution in [0.2, 0.25) is 0 Å². The van der Waals surface area contributed by atoms with E-state index in [9.17, 15) is 9.59 Å². The van der Waals surface area contributed by atoms with Crippen molar-refractivity contribution in [1.29, 1.82) is 0 Å². The van der Waals surface area contributed by atoms with Crippen LogP contribution in [-0.4, -0.2) is 72.5 Å². The minimum absolute atomic E-state index is 0. The Kier molecular flexibility index (Phi) is 10.9. The molecule has 0 amide bonds. The number of carbonyl (C=O) groups is 2. The molecular formula is C6H12FeO9. The van der Waals surface area contributed by atoms with Crippen LogP contribution < -0.4 is 0 Å². The van der Waals surface area contributed by atoms with Crippen molar-refractivity contribution in [3.63, 3.8) is 0 Å². The second-order valence-electron chi connectivity index (χ2n) is 2.55. The van der Waals surface area contributed by atoms with Crippen LogP contribution in [-0.2, 0) is 26.7 Å². The van der Waals surface area contributed by atoms with E-state index in [1.807, 2.05) is 0 Å². The number of carboxylic acid groups (broad SMARTS) is 2. The molecule has 9 nitrogen and oxygen atoms in total. The fraction of sp³-hybridized carbons (Fsp3) is 0.667. The molecule has 0 spiro atoms. The van der Waals surface area contributed by atoms with Crippen LogP contribution in [0.5, 0.6) is 0 Å². The van der Waals surface area contributed by atoms with Gasteiger partial charge in [-0.3, -0.25) is 0 Å². The number of aliphatic hydroxyl groups excluding tert-OH is 4. The maximum atomic E-state index is 10.1. The fourth-order valence-electron chi connectivity index (χ4n) is 0.666. The van der Waals surface area contributed by atoms with Crippen LogP contribution in [0.1, 0.15) is 0 Å². The van der Waals surface area contributed by atoms with Crippen molar-refractivity contribution in [1.82, 2.24) is 0 Å². The molecule has 0 saturated carbocycles. The monoisotopic (exact) mass is 284 g/mol. The van der Waals surface area contributed by atoms with E-state index < -0.39 is 36.4 Å². The average Bonchev–Trinajstić information content (AvgIpc) is 2.12. The molecule has 4 atom stereocenters. The Morgan fingerprint density at radius 1 is 0.750 bits per heavy atom. The first-order chi connectivity index (χ1) is 6.29. The van der Waals surface area contributed by atoms with E-state index in [0.717, 1.165) is 0 Å². The zero-order valence-electron chi connectivity index (χ0n) is 7.66.